The quantitative estimate of drug-likeness (QED) is 0.139. The Bertz CT molecular complexity index is 1680. The maximum atomic E-state index is 12.0. The lowest BCUT2D eigenvalue weighted by molar-refractivity contribution is 0.0945. The van der Waals surface area contributed by atoms with Crippen molar-refractivity contribution in [2.45, 2.75) is 0 Å². The van der Waals surface area contributed by atoms with Crippen molar-refractivity contribution < 1.29 is 9.59 Å². The van der Waals surface area contributed by atoms with E-state index in [9.17, 15) is 9.59 Å². The van der Waals surface area contributed by atoms with Crippen LogP contribution in [0, 0.1) is 0 Å². The maximum Gasteiger partial charge on any atom is 0.265 e. The van der Waals surface area contributed by atoms with Gasteiger partial charge in [0.15, 0.2) is 0 Å². The molecule has 0 saturated heterocycles. The Balaban J connectivity index is 1.61. The molecule has 0 atom stereocenters. The number of carbonyl (C=O) groups excluding carboxylic acids is 2. The normalized spacial score (nSPS) is 10.9. The third-order valence-corrected chi connectivity index (χ3v) is 6.95. The predicted molar refractivity (Wildman–Crippen MR) is 157 cm³/mol. The van der Waals surface area contributed by atoms with Crippen molar-refractivity contribution in [3.8, 4) is 33.9 Å². The van der Waals surface area contributed by atoms with Crippen LogP contribution < -0.4 is 22.5 Å². The first kappa shape index (κ1) is 24.9. The van der Waals surface area contributed by atoms with Crippen molar-refractivity contribution in [1.29, 1.82) is 0 Å². The van der Waals surface area contributed by atoms with E-state index >= 15 is 0 Å². The molecule has 2 heterocycles. The van der Waals surface area contributed by atoms with Crippen molar-refractivity contribution >= 4 is 22.8 Å². The number of hydrazine groups is 2. The minimum Gasteiger partial charge on any atom is -0.308 e. The predicted octanol–water partition coefficient (Wildman–Crippen LogP) is 4.96. The Kier molecular flexibility index (Phi) is 6.45. The SMILES string of the molecule is NNC(=O)c1ccc(-c2cc3c(cc(-c4ccc(C(=O)NN)cc4)n3-c3ccccc3)n2-c2ccccc2)cc1. The fraction of sp³-hybridized carbons (Fsp3) is 0. The molecule has 0 bridgehead atoms. The number of benzene rings is 4. The second-order valence-corrected chi connectivity index (χ2v) is 9.27. The summed E-state index contributed by atoms with van der Waals surface area (Å²) in [5.74, 6) is 9.96. The molecular weight excluding hydrogens is 500 g/mol. The van der Waals surface area contributed by atoms with Crippen molar-refractivity contribution in [2.24, 2.45) is 11.7 Å². The Morgan fingerprint density at radius 3 is 1.18 bits per heavy atom. The highest BCUT2D eigenvalue weighted by atomic mass is 16.2. The van der Waals surface area contributed by atoms with Gasteiger partial charge in [0.2, 0.25) is 0 Å². The number of para-hydroxylation sites is 2. The second-order valence-electron chi connectivity index (χ2n) is 9.27. The van der Waals surface area contributed by atoms with Gasteiger partial charge in [-0.3, -0.25) is 20.4 Å². The van der Waals surface area contributed by atoms with E-state index in [1.54, 1.807) is 24.3 Å². The summed E-state index contributed by atoms with van der Waals surface area (Å²) in [5.41, 5.74) is 13.2. The average Bonchev–Trinajstić information content (AvgIpc) is 3.58. The topological polar surface area (TPSA) is 120 Å². The van der Waals surface area contributed by atoms with E-state index in [0.29, 0.717) is 11.1 Å². The molecule has 2 aromatic heterocycles. The molecule has 8 heteroatoms. The van der Waals surface area contributed by atoms with Gasteiger partial charge in [-0.25, -0.2) is 11.7 Å². The van der Waals surface area contributed by atoms with E-state index in [1.807, 2.05) is 60.7 Å². The third kappa shape index (κ3) is 4.33. The summed E-state index contributed by atoms with van der Waals surface area (Å²) in [7, 11) is 0. The lowest BCUT2D eigenvalue weighted by Gasteiger charge is -2.12. The number of nitrogen functional groups attached to an aromatic ring is 2. The van der Waals surface area contributed by atoms with Crippen LogP contribution in [0.15, 0.2) is 121 Å². The number of rotatable bonds is 6. The summed E-state index contributed by atoms with van der Waals surface area (Å²) in [6.45, 7) is 0. The fourth-order valence-electron chi connectivity index (χ4n) is 5.04. The van der Waals surface area contributed by atoms with Crippen molar-refractivity contribution in [3.63, 3.8) is 0 Å². The van der Waals surface area contributed by atoms with E-state index < -0.39 is 0 Å². The van der Waals surface area contributed by atoms with Crippen LogP contribution in [0.25, 0.3) is 44.9 Å². The molecule has 6 N–H and O–H groups in total. The summed E-state index contributed by atoms with van der Waals surface area (Å²) in [6.07, 6.45) is 0. The summed E-state index contributed by atoms with van der Waals surface area (Å²) < 4.78 is 4.43. The molecule has 0 aliphatic carbocycles. The van der Waals surface area contributed by atoms with Crippen molar-refractivity contribution in [2.75, 3.05) is 0 Å². The molecule has 0 unspecified atom stereocenters. The summed E-state index contributed by atoms with van der Waals surface area (Å²) in [4.78, 5) is 24.1. The molecule has 0 spiro atoms. The summed E-state index contributed by atoms with van der Waals surface area (Å²) in [6, 6.07) is 39.4. The lowest BCUT2D eigenvalue weighted by atomic mass is 10.1. The smallest absolute Gasteiger partial charge is 0.265 e. The zero-order valence-electron chi connectivity index (χ0n) is 21.4. The number of aromatic nitrogens is 2. The highest BCUT2D eigenvalue weighted by molar-refractivity contribution is 5.97. The Morgan fingerprint density at radius 1 is 0.500 bits per heavy atom. The number of carbonyl (C=O) groups is 2. The molecule has 8 nitrogen and oxygen atoms in total. The zero-order valence-corrected chi connectivity index (χ0v) is 21.4. The van der Waals surface area contributed by atoms with Gasteiger partial charge in [0.25, 0.3) is 11.8 Å². The number of fused-ring (bicyclic) bond motifs is 1. The zero-order chi connectivity index (χ0) is 27.6. The molecule has 4 aromatic carbocycles. The van der Waals surface area contributed by atoms with Gasteiger partial charge in [-0.1, -0.05) is 60.7 Å². The van der Waals surface area contributed by atoms with Crippen LogP contribution in [0.1, 0.15) is 20.7 Å². The Hall–Kier alpha value is -5.44. The van der Waals surface area contributed by atoms with Crippen LogP contribution in [0.2, 0.25) is 0 Å². The van der Waals surface area contributed by atoms with Crippen LogP contribution in [0.3, 0.4) is 0 Å². The van der Waals surface area contributed by atoms with Crippen LogP contribution in [0.5, 0.6) is 0 Å². The highest BCUT2D eigenvalue weighted by Gasteiger charge is 2.21. The molecule has 0 saturated carbocycles. The van der Waals surface area contributed by atoms with E-state index in [2.05, 4.69) is 56.4 Å². The van der Waals surface area contributed by atoms with Gasteiger partial charge in [-0.2, -0.15) is 0 Å². The molecule has 196 valence electrons. The molecule has 0 radical (unpaired) electrons. The number of nitrogens with one attached hydrogen (secondary N) is 2. The first-order valence-corrected chi connectivity index (χ1v) is 12.7. The van der Waals surface area contributed by atoms with E-state index in [1.165, 1.54) is 0 Å². The molecule has 40 heavy (non-hydrogen) atoms. The highest BCUT2D eigenvalue weighted by Crippen LogP contribution is 2.38. The minimum atomic E-state index is -0.342. The molecule has 2 amide bonds. The summed E-state index contributed by atoms with van der Waals surface area (Å²) in [5, 5.41) is 0. The van der Waals surface area contributed by atoms with Gasteiger partial charge >= 0.3 is 0 Å². The van der Waals surface area contributed by atoms with Gasteiger partial charge in [0.1, 0.15) is 0 Å². The number of nitrogens with two attached hydrogens (primary N) is 2. The van der Waals surface area contributed by atoms with E-state index in [-0.39, 0.29) is 11.8 Å². The monoisotopic (exact) mass is 526 g/mol. The molecule has 6 rings (SSSR count). The van der Waals surface area contributed by atoms with Crippen molar-refractivity contribution in [3.05, 3.63) is 132 Å². The van der Waals surface area contributed by atoms with Crippen LogP contribution in [0.4, 0.5) is 0 Å². The number of hydrogen-bond donors (Lipinski definition) is 4. The van der Waals surface area contributed by atoms with Crippen molar-refractivity contribution in [1.82, 2.24) is 20.0 Å². The first-order valence-electron chi connectivity index (χ1n) is 12.7. The van der Waals surface area contributed by atoms with Gasteiger partial charge in [-0.15, -0.1) is 0 Å². The number of hydrogen-bond acceptors (Lipinski definition) is 4. The minimum absolute atomic E-state index is 0.342. The third-order valence-electron chi connectivity index (χ3n) is 6.95. The second kappa shape index (κ2) is 10.4. The molecular formula is C32H26N6O2. The van der Waals surface area contributed by atoms with Gasteiger partial charge in [0, 0.05) is 22.5 Å². The standard InChI is InChI=1S/C32H26N6O2/c33-35-31(39)23-15-11-21(12-16-23)27-19-30-29(37(27)25-7-3-1-4-8-25)20-28(38(30)26-9-5-2-6-10-26)22-13-17-24(18-14-22)32(40)36-34/h1-20H,33-34H2,(H,35,39)(H,36,40). The number of amides is 2. The molecule has 6 aromatic rings. The molecule has 0 aliphatic rings. The fourth-order valence-corrected chi connectivity index (χ4v) is 5.04. The Labute approximate surface area is 230 Å². The van der Waals surface area contributed by atoms with Gasteiger partial charge in [0.05, 0.1) is 22.4 Å². The van der Waals surface area contributed by atoms with E-state index in [4.69, 9.17) is 11.7 Å². The van der Waals surface area contributed by atoms with Crippen LogP contribution in [-0.2, 0) is 0 Å². The number of nitrogens with zero attached hydrogens (tertiary/aromatic N) is 2. The molecule has 0 fully saturated rings. The van der Waals surface area contributed by atoms with Crippen LogP contribution in [-0.4, -0.2) is 20.9 Å². The van der Waals surface area contributed by atoms with Gasteiger partial charge < -0.3 is 9.13 Å². The Morgan fingerprint density at radius 2 is 0.850 bits per heavy atom. The van der Waals surface area contributed by atoms with Crippen LogP contribution >= 0.6 is 0 Å². The summed E-state index contributed by atoms with van der Waals surface area (Å²) >= 11 is 0. The first-order chi connectivity index (χ1) is 19.6. The maximum absolute atomic E-state index is 12.0. The average molecular weight is 527 g/mol. The van der Waals surface area contributed by atoms with Gasteiger partial charge in [-0.05, 0) is 71.8 Å². The largest absolute Gasteiger partial charge is 0.308 e. The lowest BCUT2D eigenvalue weighted by Crippen LogP contribution is -2.29. The van der Waals surface area contributed by atoms with E-state index in [0.717, 1.165) is 44.9 Å². The molecule has 0 aliphatic heterocycles.